The van der Waals surface area contributed by atoms with Crippen molar-refractivity contribution in [2.75, 3.05) is 18.9 Å². The molecule has 5 N–H and O–H groups in total. The number of ether oxygens (including phenoxy) is 2. The van der Waals surface area contributed by atoms with Crippen LogP contribution in [-0.2, 0) is 33.8 Å². The third-order valence-electron chi connectivity index (χ3n) is 10.1. The average molecular weight is 768 g/mol. The van der Waals surface area contributed by atoms with Crippen LogP contribution in [0.2, 0.25) is 0 Å². The zero-order chi connectivity index (χ0) is 40.1. The van der Waals surface area contributed by atoms with Gasteiger partial charge in [-0.1, -0.05) is 104 Å². The Hall–Kier alpha value is -6.43. The summed E-state index contributed by atoms with van der Waals surface area (Å²) in [6.45, 7) is 8.04. The molecule has 0 fully saturated rings. The van der Waals surface area contributed by atoms with Gasteiger partial charge in [0.25, 0.3) is 0 Å². The number of nitrogens with zero attached hydrogens (tertiary/aromatic N) is 3. The number of unbranched alkanes of at least 4 members (excludes halogenated alkanes) is 1. The highest BCUT2D eigenvalue weighted by Crippen LogP contribution is 2.44. The van der Waals surface area contributed by atoms with E-state index in [-0.39, 0.29) is 25.6 Å². The normalized spacial score (nSPS) is 12.8. The zero-order valence-electron chi connectivity index (χ0n) is 32.8. The quantitative estimate of drug-likeness (QED) is 0.0934. The van der Waals surface area contributed by atoms with E-state index >= 15 is 0 Å². The number of alkyl carbamates (subject to hydrolysis) is 2. The first-order valence-corrected chi connectivity index (χ1v) is 19.5. The summed E-state index contributed by atoms with van der Waals surface area (Å²) < 4.78 is 13.3. The molecule has 12 nitrogen and oxygen atoms in total. The molecule has 0 unspecified atom stereocenters. The number of imidazole rings is 1. The molecule has 0 saturated carbocycles. The van der Waals surface area contributed by atoms with Crippen LogP contribution in [-0.4, -0.2) is 57.4 Å². The van der Waals surface area contributed by atoms with Crippen LogP contribution in [0.1, 0.15) is 74.5 Å². The van der Waals surface area contributed by atoms with Crippen molar-refractivity contribution in [3.05, 3.63) is 125 Å². The fraction of sp³-hybridized carbons (Fsp3) is 0.311. The highest BCUT2D eigenvalue weighted by Gasteiger charge is 2.30. The summed E-state index contributed by atoms with van der Waals surface area (Å²) in [6, 6.07) is 30.9. The second-order valence-electron chi connectivity index (χ2n) is 15.4. The van der Waals surface area contributed by atoms with Crippen molar-refractivity contribution in [1.82, 2.24) is 30.5 Å². The summed E-state index contributed by atoms with van der Waals surface area (Å²) in [5.41, 5.74) is 14.4. The molecule has 12 heteroatoms. The lowest BCUT2D eigenvalue weighted by Crippen LogP contribution is -2.53. The Labute approximate surface area is 332 Å². The van der Waals surface area contributed by atoms with Gasteiger partial charge in [0.2, 0.25) is 5.91 Å². The Kier molecular flexibility index (Phi) is 11.4. The third kappa shape index (κ3) is 8.85. The maximum atomic E-state index is 13.6. The Morgan fingerprint density at radius 2 is 1.47 bits per heavy atom. The second kappa shape index (κ2) is 16.7. The predicted molar refractivity (Wildman–Crippen MR) is 222 cm³/mol. The lowest BCUT2D eigenvalue weighted by atomic mass is 9.98. The molecule has 0 spiro atoms. The van der Waals surface area contributed by atoms with Crippen molar-refractivity contribution in [1.29, 1.82) is 0 Å². The van der Waals surface area contributed by atoms with Crippen LogP contribution in [0.15, 0.2) is 97.1 Å². The first kappa shape index (κ1) is 38.8. The first-order chi connectivity index (χ1) is 27.5. The highest BCUT2D eigenvalue weighted by atomic mass is 16.6. The molecule has 294 valence electrons. The summed E-state index contributed by atoms with van der Waals surface area (Å²) in [5, 5.41) is 9.18. The molecule has 2 aromatic heterocycles. The number of fused-ring (bicyclic) bond motifs is 6. The molecule has 1 aliphatic rings. The highest BCUT2D eigenvalue weighted by molar-refractivity contribution is 6.06. The smallest absolute Gasteiger partial charge is 0.407 e. The van der Waals surface area contributed by atoms with E-state index in [1.54, 1.807) is 20.8 Å². The minimum Gasteiger partial charge on any atom is -0.449 e. The zero-order valence-corrected chi connectivity index (χ0v) is 32.8. The van der Waals surface area contributed by atoms with Gasteiger partial charge in [-0.2, -0.15) is 0 Å². The van der Waals surface area contributed by atoms with Gasteiger partial charge in [0.15, 0.2) is 5.82 Å². The Morgan fingerprint density at radius 3 is 2.16 bits per heavy atom. The molecule has 6 aromatic rings. The van der Waals surface area contributed by atoms with Gasteiger partial charge >= 0.3 is 12.2 Å². The fourth-order valence-electron chi connectivity index (χ4n) is 7.35. The van der Waals surface area contributed by atoms with E-state index in [9.17, 15) is 14.4 Å². The number of nitrogens with two attached hydrogens (primary N) is 1. The molecule has 0 bridgehead atoms. The molecule has 0 aliphatic heterocycles. The van der Waals surface area contributed by atoms with Crippen LogP contribution in [0, 0.1) is 0 Å². The average Bonchev–Trinajstić information content (AvgIpc) is 3.72. The number of aryl methyl sites for hydroxylation is 1. The number of rotatable bonds is 13. The fourth-order valence-corrected chi connectivity index (χ4v) is 7.35. The summed E-state index contributed by atoms with van der Waals surface area (Å²) in [6.07, 6.45) is 1.37. The number of aromatic nitrogens is 3. The maximum absolute atomic E-state index is 13.6. The monoisotopic (exact) mass is 767 g/mol. The van der Waals surface area contributed by atoms with Crippen LogP contribution in [0.5, 0.6) is 0 Å². The van der Waals surface area contributed by atoms with E-state index in [4.69, 9.17) is 20.2 Å². The number of carbonyl (C=O) groups is 3. The van der Waals surface area contributed by atoms with Gasteiger partial charge in [0, 0.05) is 30.8 Å². The number of pyridine rings is 1. The molecular formula is C45H49N7O5. The number of benzene rings is 4. The van der Waals surface area contributed by atoms with Gasteiger partial charge in [-0.25, -0.2) is 19.6 Å². The lowest BCUT2D eigenvalue weighted by molar-refractivity contribution is -0.123. The van der Waals surface area contributed by atoms with Gasteiger partial charge in [-0.05, 0) is 66.6 Å². The predicted octanol–water partition coefficient (Wildman–Crippen LogP) is 7.61. The van der Waals surface area contributed by atoms with Gasteiger partial charge in [-0.15, -0.1) is 0 Å². The van der Waals surface area contributed by atoms with Crippen molar-refractivity contribution >= 4 is 45.8 Å². The molecule has 0 radical (unpaired) electrons. The maximum Gasteiger partial charge on any atom is 0.407 e. The Morgan fingerprint density at radius 1 is 0.825 bits per heavy atom. The van der Waals surface area contributed by atoms with Crippen molar-refractivity contribution in [3.63, 3.8) is 0 Å². The second-order valence-corrected chi connectivity index (χ2v) is 15.4. The van der Waals surface area contributed by atoms with E-state index in [2.05, 4.69) is 50.6 Å². The molecule has 4 aromatic carbocycles. The molecule has 7 rings (SSSR count). The number of nitrogen functional groups attached to an aromatic ring is 1. The molecule has 1 atom stereocenters. The standard InChI is InChI=1S/C45H49N7O5/c1-5-6-19-38-51-39-40(34-17-11-12-18-36(34)49-41(39)46)52(38)26-29-22-20-28(21-23-29)24-47-42(53)37(25-48-43(54)57-45(2,3)4)50-44(55)56-27-35-32-15-9-7-13-30(32)31-14-8-10-16-33(31)35/h7-18,20-23,35,37H,5-6,19,24-27H2,1-4H3,(H2,46,49)(H,47,53)(H,48,54)(H,50,55)/t37-/m0/s1. The summed E-state index contributed by atoms with van der Waals surface area (Å²) >= 11 is 0. The molecule has 3 amide bonds. The summed E-state index contributed by atoms with van der Waals surface area (Å²) in [7, 11) is 0. The van der Waals surface area contributed by atoms with Crippen LogP contribution in [0.4, 0.5) is 15.4 Å². The van der Waals surface area contributed by atoms with E-state index in [0.717, 1.165) is 74.9 Å². The SMILES string of the molecule is CCCCc1nc2c(N)nc3ccccc3c2n1Cc1ccc(CNC(=O)[C@H](CNC(=O)OC(C)(C)C)NC(=O)OCC2c3ccccc3-c3ccccc32)cc1. The number of hydrogen-bond donors (Lipinski definition) is 4. The van der Waals surface area contributed by atoms with E-state index in [1.807, 2.05) is 78.9 Å². The molecule has 1 aliphatic carbocycles. The van der Waals surface area contributed by atoms with Crippen molar-refractivity contribution < 1.29 is 23.9 Å². The Balaban J connectivity index is 1.02. The number of amides is 3. The van der Waals surface area contributed by atoms with Crippen LogP contribution >= 0.6 is 0 Å². The van der Waals surface area contributed by atoms with Crippen LogP contribution in [0.25, 0.3) is 33.1 Å². The van der Waals surface area contributed by atoms with Gasteiger partial charge in [0.1, 0.15) is 29.6 Å². The Bertz CT molecular complexity index is 2370. The minimum absolute atomic E-state index is 0.0789. The van der Waals surface area contributed by atoms with Crippen molar-refractivity contribution in [2.45, 2.75) is 77.6 Å². The molecule has 2 heterocycles. The molecular weight excluding hydrogens is 719 g/mol. The van der Waals surface area contributed by atoms with Crippen LogP contribution < -0.4 is 21.7 Å². The van der Waals surface area contributed by atoms with E-state index in [0.29, 0.717) is 17.9 Å². The van der Waals surface area contributed by atoms with Gasteiger partial charge in [-0.3, -0.25) is 4.79 Å². The number of anilines is 1. The molecule has 0 saturated heterocycles. The number of carbonyl (C=O) groups excluding carboxylic acids is 3. The number of para-hydroxylation sites is 1. The minimum atomic E-state index is -1.14. The van der Waals surface area contributed by atoms with Crippen molar-refractivity contribution in [2.24, 2.45) is 0 Å². The molecule has 57 heavy (non-hydrogen) atoms. The largest absolute Gasteiger partial charge is 0.449 e. The summed E-state index contributed by atoms with van der Waals surface area (Å²) in [5.74, 6) is 0.734. The van der Waals surface area contributed by atoms with E-state index < -0.39 is 29.7 Å². The lowest BCUT2D eigenvalue weighted by Gasteiger charge is -2.22. The van der Waals surface area contributed by atoms with Gasteiger partial charge < -0.3 is 35.7 Å². The van der Waals surface area contributed by atoms with E-state index in [1.165, 1.54) is 0 Å². The third-order valence-corrected chi connectivity index (χ3v) is 10.1. The first-order valence-electron chi connectivity index (χ1n) is 19.5. The van der Waals surface area contributed by atoms with Gasteiger partial charge in [0.05, 0.1) is 17.6 Å². The summed E-state index contributed by atoms with van der Waals surface area (Å²) in [4.78, 5) is 48.9. The van der Waals surface area contributed by atoms with Crippen LogP contribution in [0.3, 0.4) is 0 Å². The topological polar surface area (TPSA) is 162 Å². The van der Waals surface area contributed by atoms with Crippen molar-refractivity contribution in [3.8, 4) is 11.1 Å². The number of nitrogens with one attached hydrogen (secondary N) is 3. The number of hydrogen-bond acceptors (Lipinski definition) is 8.